The van der Waals surface area contributed by atoms with Gasteiger partial charge in [0.15, 0.2) is 0 Å². The van der Waals surface area contributed by atoms with Crippen LogP contribution in [0.1, 0.15) is 33.3 Å². The number of aliphatic hydroxyl groups is 1. The van der Waals surface area contributed by atoms with Crippen LogP contribution in [0.3, 0.4) is 0 Å². The first-order valence-corrected chi connectivity index (χ1v) is 5.27. The molecule has 14 heavy (non-hydrogen) atoms. The molecule has 0 amide bonds. The Morgan fingerprint density at radius 1 is 0.929 bits per heavy atom. The number of hydrogen-bond acceptors (Lipinski definition) is 1. The Morgan fingerprint density at radius 2 is 1.36 bits per heavy atom. The van der Waals surface area contributed by atoms with Crippen molar-refractivity contribution in [3.8, 4) is 0 Å². The van der Waals surface area contributed by atoms with Crippen LogP contribution in [-0.2, 0) is 5.60 Å². The van der Waals surface area contributed by atoms with Gasteiger partial charge in [0, 0.05) is 0 Å². The first kappa shape index (κ1) is 11.3. The fourth-order valence-corrected chi connectivity index (χ4v) is 2.04. The second kappa shape index (κ2) is 4.14. The number of benzene rings is 1. The molecule has 0 atom stereocenters. The van der Waals surface area contributed by atoms with Crippen molar-refractivity contribution in [3.63, 3.8) is 0 Å². The minimum Gasteiger partial charge on any atom is -0.385 e. The third-order valence-electron chi connectivity index (χ3n) is 3.00. The molecule has 0 fully saturated rings. The number of hydrogen-bond donors (Lipinski definition) is 1. The Bertz CT molecular complexity index is 267. The van der Waals surface area contributed by atoms with Gasteiger partial charge in [-0.25, -0.2) is 0 Å². The molecule has 1 nitrogen and oxygen atoms in total. The summed E-state index contributed by atoms with van der Waals surface area (Å²) in [7, 11) is 0. The summed E-state index contributed by atoms with van der Waals surface area (Å²) >= 11 is 0. The Labute approximate surface area is 86.8 Å². The quantitative estimate of drug-likeness (QED) is 0.779. The van der Waals surface area contributed by atoms with E-state index in [0.29, 0.717) is 0 Å². The van der Waals surface area contributed by atoms with Gasteiger partial charge in [-0.2, -0.15) is 0 Å². The summed E-state index contributed by atoms with van der Waals surface area (Å²) < 4.78 is 0. The molecule has 1 N–H and O–H groups in total. The zero-order valence-corrected chi connectivity index (χ0v) is 9.49. The van der Waals surface area contributed by atoms with Crippen molar-refractivity contribution < 1.29 is 5.11 Å². The standard InChI is InChI=1S/C13H20O/c1-10(2)13(14,11(3)4)12-8-6-5-7-9-12/h5-11,14H,1-4H3. The van der Waals surface area contributed by atoms with Gasteiger partial charge >= 0.3 is 0 Å². The molecule has 1 aromatic carbocycles. The molecule has 0 heterocycles. The van der Waals surface area contributed by atoms with Gasteiger partial charge in [0.2, 0.25) is 0 Å². The largest absolute Gasteiger partial charge is 0.385 e. The van der Waals surface area contributed by atoms with E-state index in [0.717, 1.165) is 5.56 Å². The van der Waals surface area contributed by atoms with Crippen LogP contribution in [-0.4, -0.2) is 5.11 Å². The Kier molecular flexibility index (Phi) is 3.33. The maximum Gasteiger partial charge on any atom is 0.0941 e. The van der Waals surface area contributed by atoms with Gasteiger partial charge in [-0.1, -0.05) is 58.0 Å². The van der Waals surface area contributed by atoms with Gasteiger partial charge in [-0.3, -0.25) is 0 Å². The zero-order chi connectivity index (χ0) is 10.8. The molecule has 0 saturated heterocycles. The average Bonchev–Trinajstić information content (AvgIpc) is 2.17. The SMILES string of the molecule is CC(C)C(O)(c1ccccc1)C(C)C. The van der Waals surface area contributed by atoms with E-state index in [-0.39, 0.29) is 11.8 Å². The number of rotatable bonds is 3. The highest BCUT2D eigenvalue weighted by atomic mass is 16.3. The summed E-state index contributed by atoms with van der Waals surface area (Å²) in [4.78, 5) is 0. The van der Waals surface area contributed by atoms with Crippen molar-refractivity contribution >= 4 is 0 Å². The third kappa shape index (κ3) is 1.83. The van der Waals surface area contributed by atoms with E-state index in [4.69, 9.17) is 0 Å². The Balaban J connectivity index is 3.13. The van der Waals surface area contributed by atoms with Crippen LogP contribution in [0.4, 0.5) is 0 Å². The molecule has 0 radical (unpaired) electrons. The van der Waals surface area contributed by atoms with Gasteiger partial charge in [0.1, 0.15) is 0 Å². The molecule has 0 aliphatic carbocycles. The monoisotopic (exact) mass is 192 g/mol. The summed E-state index contributed by atoms with van der Waals surface area (Å²) in [5, 5.41) is 10.6. The molecule has 1 rings (SSSR count). The zero-order valence-electron chi connectivity index (χ0n) is 9.49. The van der Waals surface area contributed by atoms with Crippen molar-refractivity contribution in [2.75, 3.05) is 0 Å². The van der Waals surface area contributed by atoms with Gasteiger partial charge in [-0.05, 0) is 17.4 Å². The van der Waals surface area contributed by atoms with Crippen LogP contribution in [0, 0.1) is 11.8 Å². The summed E-state index contributed by atoms with van der Waals surface area (Å²) in [6.07, 6.45) is 0. The van der Waals surface area contributed by atoms with E-state index in [2.05, 4.69) is 27.7 Å². The van der Waals surface area contributed by atoms with E-state index < -0.39 is 5.60 Å². The van der Waals surface area contributed by atoms with Crippen LogP contribution in [0.2, 0.25) is 0 Å². The second-order valence-corrected chi connectivity index (χ2v) is 4.50. The predicted molar refractivity (Wildman–Crippen MR) is 60.0 cm³/mol. The maximum absolute atomic E-state index is 10.6. The smallest absolute Gasteiger partial charge is 0.0941 e. The van der Waals surface area contributed by atoms with Crippen molar-refractivity contribution in [3.05, 3.63) is 35.9 Å². The molecule has 0 spiro atoms. The molecule has 0 bridgehead atoms. The fraction of sp³-hybridized carbons (Fsp3) is 0.538. The van der Waals surface area contributed by atoms with E-state index in [1.807, 2.05) is 30.3 Å². The van der Waals surface area contributed by atoms with Gasteiger partial charge in [0.05, 0.1) is 5.60 Å². The Morgan fingerprint density at radius 3 is 1.71 bits per heavy atom. The lowest BCUT2D eigenvalue weighted by Crippen LogP contribution is -2.37. The van der Waals surface area contributed by atoms with Gasteiger partial charge in [-0.15, -0.1) is 0 Å². The summed E-state index contributed by atoms with van der Waals surface area (Å²) in [5.74, 6) is 0.454. The van der Waals surface area contributed by atoms with E-state index in [1.54, 1.807) is 0 Å². The van der Waals surface area contributed by atoms with Crippen LogP contribution in [0.15, 0.2) is 30.3 Å². The predicted octanol–water partition coefficient (Wildman–Crippen LogP) is 3.19. The Hall–Kier alpha value is -0.820. The van der Waals surface area contributed by atoms with Crippen LogP contribution in [0.5, 0.6) is 0 Å². The molecular formula is C13H20O. The maximum atomic E-state index is 10.6. The lowest BCUT2D eigenvalue weighted by atomic mass is 9.75. The first-order chi connectivity index (χ1) is 6.49. The van der Waals surface area contributed by atoms with Crippen molar-refractivity contribution in [1.29, 1.82) is 0 Å². The first-order valence-electron chi connectivity index (χ1n) is 5.27. The van der Waals surface area contributed by atoms with Gasteiger partial charge in [0.25, 0.3) is 0 Å². The molecule has 0 aromatic heterocycles. The molecule has 0 saturated carbocycles. The molecule has 1 heteroatoms. The van der Waals surface area contributed by atoms with E-state index >= 15 is 0 Å². The van der Waals surface area contributed by atoms with Crippen molar-refractivity contribution in [2.24, 2.45) is 11.8 Å². The molecular weight excluding hydrogens is 172 g/mol. The second-order valence-electron chi connectivity index (χ2n) is 4.50. The van der Waals surface area contributed by atoms with Crippen LogP contribution < -0.4 is 0 Å². The molecule has 78 valence electrons. The highest BCUT2D eigenvalue weighted by Gasteiger charge is 2.35. The summed E-state index contributed by atoms with van der Waals surface area (Å²) in [6, 6.07) is 9.93. The third-order valence-corrected chi connectivity index (χ3v) is 3.00. The van der Waals surface area contributed by atoms with E-state index in [1.165, 1.54) is 0 Å². The van der Waals surface area contributed by atoms with Crippen LogP contribution in [0.25, 0.3) is 0 Å². The molecule has 0 aliphatic heterocycles. The molecule has 0 unspecified atom stereocenters. The normalized spacial score (nSPS) is 12.5. The summed E-state index contributed by atoms with van der Waals surface area (Å²) in [5.41, 5.74) is 0.311. The molecule has 1 aromatic rings. The molecule has 0 aliphatic rings. The van der Waals surface area contributed by atoms with Crippen molar-refractivity contribution in [1.82, 2.24) is 0 Å². The average molecular weight is 192 g/mol. The highest BCUT2D eigenvalue weighted by Crippen LogP contribution is 2.36. The lowest BCUT2D eigenvalue weighted by Gasteiger charge is -2.36. The van der Waals surface area contributed by atoms with E-state index in [9.17, 15) is 5.11 Å². The lowest BCUT2D eigenvalue weighted by molar-refractivity contribution is -0.0531. The highest BCUT2D eigenvalue weighted by molar-refractivity contribution is 5.23. The fourth-order valence-electron chi connectivity index (χ4n) is 2.04. The van der Waals surface area contributed by atoms with Crippen molar-refractivity contribution in [2.45, 2.75) is 33.3 Å². The van der Waals surface area contributed by atoms with Crippen LogP contribution >= 0.6 is 0 Å². The topological polar surface area (TPSA) is 20.2 Å². The minimum atomic E-state index is -0.707. The minimum absolute atomic E-state index is 0.227. The van der Waals surface area contributed by atoms with Gasteiger partial charge < -0.3 is 5.11 Å². The summed E-state index contributed by atoms with van der Waals surface area (Å²) in [6.45, 7) is 8.25.